The van der Waals surface area contributed by atoms with Crippen LogP contribution in [0.2, 0.25) is 0 Å². The van der Waals surface area contributed by atoms with Gasteiger partial charge in [0.1, 0.15) is 5.56 Å². The van der Waals surface area contributed by atoms with Crippen molar-refractivity contribution in [2.45, 2.75) is 6.92 Å². The lowest BCUT2D eigenvalue weighted by Crippen LogP contribution is -2.38. The average molecular weight is 389 g/mol. The van der Waals surface area contributed by atoms with Gasteiger partial charge in [-0.15, -0.1) is 0 Å². The van der Waals surface area contributed by atoms with Crippen molar-refractivity contribution in [3.05, 3.63) is 56.2 Å². The lowest BCUT2D eigenvalue weighted by Gasteiger charge is -2.07. The Bertz CT molecular complexity index is 1030. The van der Waals surface area contributed by atoms with E-state index in [0.29, 0.717) is 12.3 Å². The molecule has 0 unspecified atom stereocenters. The van der Waals surface area contributed by atoms with Gasteiger partial charge in [0.05, 0.1) is 5.69 Å². The van der Waals surface area contributed by atoms with Gasteiger partial charge in [0.2, 0.25) is 5.88 Å². The molecule has 1 aromatic heterocycles. The number of carbonyl (C=O) groups excluding carboxylic acids is 2. The molecule has 1 aromatic carbocycles. The summed E-state index contributed by atoms with van der Waals surface area (Å²) in [5.74, 6) is -2.39. The Morgan fingerprint density at radius 1 is 1.14 bits per heavy atom. The average Bonchev–Trinajstić information content (AvgIpc) is 2.70. The zero-order valence-corrected chi connectivity index (χ0v) is 15.5. The molecule has 0 aliphatic heterocycles. The van der Waals surface area contributed by atoms with E-state index < -0.39 is 28.9 Å². The fourth-order valence-corrected chi connectivity index (χ4v) is 2.17. The predicted molar refractivity (Wildman–Crippen MR) is 99.2 cm³/mol. The van der Waals surface area contributed by atoms with Crippen LogP contribution >= 0.6 is 0 Å². The third kappa shape index (κ3) is 4.41. The van der Waals surface area contributed by atoms with Crippen molar-refractivity contribution in [2.24, 2.45) is 19.1 Å². The van der Waals surface area contributed by atoms with Gasteiger partial charge in [-0.05, 0) is 31.2 Å². The predicted octanol–water partition coefficient (Wildman–Crippen LogP) is 0.260. The van der Waals surface area contributed by atoms with Gasteiger partial charge >= 0.3 is 11.7 Å². The van der Waals surface area contributed by atoms with Crippen molar-refractivity contribution in [1.29, 1.82) is 0 Å². The fourth-order valence-electron chi connectivity index (χ4n) is 2.17. The van der Waals surface area contributed by atoms with Crippen LogP contribution in [-0.4, -0.2) is 45.6 Å². The molecule has 1 heterocycles. The van der Waals surface area contributed by atoms with Crippen molar-refractivity contribution < 1.29 is 24.2 Å². The van der Waals surface area contributed by atoms with Gasteiger partial charge in [-0.3, -0.25) is 23.7 Å². The summed E-state index contributed by atoms with van der Waals surface area (Å²) in [5, 5.41) is 9.98. The molecule has 0 aliphatic rings. The van der Waals surface area contributed by atoms with Gasteiger partial charge in [-0.2, -0.15) is 0 Å². The van der Waals surface area contributed by atoms with Crippen molar-refractivity contribution in [2.75, 3.05) is 13.4 Å². The summed E-state index contributed by atoms with van der Waals surface area (Å²) in [7, 11) is 2.60. The number of esters is 1. The van der Waals surface area contributed by atoms with Crippen molar-refractivity contribution in [3.63, 3.8) is 0 Å². The van der Waals surface area contributed by atoms with Crippen LogP contribution in [0.1, 0.15) is 22.8 Å². The van der Waals surface area contributed by atoms with E-state index in [-0.39, 0.29) is 17.9 Å². The Labute approximate surface area is 159 Å². The Hall–Kier alpha value is -3.53. The zero-order chi connectivity index (χ0) is 20.8. The number of rotatable bonds is 7. The summed E-state index contributed by atoms with van der Waals surface area (Å²) >= 11 is 0. The highest BCUT2D eigenvalue weighted by Crippen LogP contribution is 2.15. The van der Waals surface area contributed by atoms with Crippen molar-refractivity contribution in [1.82, 2.24) is 9.13 Å². The molecular formula is C18H19N3O7. The highest BCUT2D eigenvalue weighted by atomic mass is 16.7. The number of Topliss-reactive ketones (excluding diaryl/α,β-unsaturated/α-hetero) is 1. The molecule has 148 valence electrons. The van der Waals surface area contributed by atoms with Crippen LogP contribution in [0.3, 0.4) is 0 Å². The lowest BCUT2D eigenvalue weighted by molar-refractivity contribution is -0.149. The lowest BCUT2D eigenvalue weighted by atomic mass is 10.1. The second-order valence-electron chi connectivity index (χ2n) is 5.62. The maximum absolute atomic E-state index is 12.1. The Balaban J connectivity index is 2.20. The minimum Gasteiger partial charge on any atom is -0.494 e. The highest BCUT2D eigenvalue weighted by Gasteiger charge is 2.18. The summed E-state index contributed by atoms with van der Waals surface area (Å²) in [6, 6.07) is 5.64. The Morgan fingerprint density at radius 2 is 1.79 bits per heavy atom. The summed E-state index contributed by atoms with van der Waals surface area (Å²) in [6.45, 7) is 1.77. The third-order valence-electron chi connectivity index (χ3n) is 3.80. The molecule has 0 amide bonds. The maximum Gasteiger partial charge on any atom is 0.381 e. The molecule has 2 aromatic rings. The molecule has 2 rings (SSSR count). The molecule has 10 nitrogen and oxygen atoms in total. The Morgan fingerprint density at radius 3 is 2.39 bits per heavy atom. The summed E-state index contributed by atoms with van der Waals surface area (Å²) in [4.78, 5) is 51.4. The van der Waals surface area contributed by atoms with Gasteiger partial charge in [0.15, 0.2) is 6.79 Å². The molecule has 0 spiro atoms. The molecule has 0 saturated heterocycles. The first-order valence-electron chi connectivity index (χ1n) is 8.20. The topological polar surface area (TPSA) is 129 Å². The van der Waals surface area contributed by atoms with Crippen molar-refractivity contribution in [3.8, 4) is 5.88 Å². The minimum atomic E-state index is -1.04. The van der Waals surface area contributed by atoms with Gasteiger partial charge < -0.3 is 14.6 Å². The fraction of sp³-hybridized carbons (Fsp3) is 0.278. The highest BCUT2D eigenvalue weighted by molar-refractivity contribution is 6.40. The monoisotopic (exact) mass is 389 g/mol. The number of hydrogen-bond acceptors (Lipinski definition) is 8. The number of aromatic nitrogens is 2. The SMILES string of the molecule is CCOCOC(=O)C(=O)c1ccc(N=Cc2c(O)n(C)c(=O)n(C)c2=O)cc1. The first-order valence-corrected chi connectivity index (χ1v) is 8.20. The van der Waals surface area contributed by atoms with Crippen LogP contribution < -0.4 is 11.2 Å². The minimum absolute atomic E-state index is 0.0984. The smallest absolute Gasteiger partial charge is 0.381 e. The molecule has 0 atom stereocenters. The van der Waals surface area contributed by atoms with E-state index >= 15 is 0 Å². The molecule has 10 heteroatoms. The van der Waals surface area contributed by atoms with Crippen LogP contribution in [0.25, 0.3) is 0 Å². The first-order chi connectivity index (χ1) is 13.3. The van der Waals surface area contributed by atoms with E-state index in [4.69, 9.17) is 4.74 Å². The van der Waals surface area contributed by atoms with E-state index in [0.717, 1.165) is 15.3 Å². The summed E-state index contributed by atoms with van der Waals surface area (Å²) < 4.78 is 11.3. The largest absolute Gasteiger partial charge is 0.494 e. The van der Waals surface area contributed by atoms with Gasteiger partial charge in [-0.1, -0.05) is 0 Å². The molecule has 28 heavy (non-hydrogen) atoms. The number of nitrogens with zero attached hydrogens (tertiary/aromatic N) is 3. The Kier molecular flexibility index (Phi) is 6.61. The number of carbonyl (C=O) groups is 2. The number of ether oxygens (including phenoxy) is 2. The van der Waals surface area contributed by atoms with E-state index in [1.165, 1.54) is 38.4 Å². The number of aliphatic imine (C=N–C) groups is 1. The second-order valence-corrected chi connectivity index (χ2v) is 5.62. The molecule has 0 fully saturated rings. The number of hydrogen-bond donors (Lipinski definition) is 1. The van der Waals surface area contributed by atoms with Crippen LogP contribution in [0.4, 0.5) is 5.69 Å². The summed E-state index contributed by atoms with van der Waals surface area (Å²) in [6.07, 6.45) is 1.12. The van der Waals surface area contributed by atoms with Crippen LogP contribution in [0, 0.1) is 0 Å². The quantitative estimate of drug-likeness (QED) is 0.180. The number of aromatic hydroxyl groups is 1. The van der Waals surface area contributed by atoms with Gasteiger partial charge in [0, 0.05) is 32.5 Å². The van der Waals surface area contributed by atoms with Gasteiger partial charge in [-0.25, -0.2) is 9.59 Å². The third-order valence-corrected chi connectivity index (χ3v) is 3.80. The molecule has 0 bridgehead atoms. The van der Waals surface area contributed by atoms with E-state index in [9.17, 15) is 24.3 Å². The summed E-state index contributed by atoms with van der Waals surface area (Å²) in [5.41, 5.74) is -1.08. The molecule has 0 saturated carbocycles. The zero-order valence-electron chi connectivity index (χ0n) is 15.5. The van der Waals surface area contributed by atoms with Crippen LogP contribution in [0.15, 0.2) is 38.8 Å². The van der Waals surface area contributed by atoms with E-state index in [2.05, 4.69) is 9.73 Å². The molecular weight excluding hydrogens is 370 g/mol. The van der Waals surface area contributed by atoms with Crippen LogP contribution in [0.5, 0.6) is 5.88 Å². The molecule has 1 N–H and O–H groups in total. The first kappa shape index (κ1) is 20.8. The van der Waals surface area contributed by atoms with Gasteiger partial charge in [0.25, 0.3) is 11.3 Å². The standard InChI is InChI=1S/C18H19N3O7/c1-4-27-10-28-17(25)14(22)11-5-7-12(8-6-11)19-9-13-15(23)20(2)18(26)21(3)16(13)24/h5-9,23H,4,10H2,1-3H3. The van der Waals surface area contributed by atoms with E-state index in [1.54, 1.807) is 6.92 Å². The van der Waals surface area contributed by atoms with E-state index in [1.807, 2.05) is 0 Å². The number of benzene rings is 1. The van der Waals surface area contributed by atoms with Crippen LogP contribution in [-0.2, 0) is 28.4 Å². The van der Waals surface area contributed by atoms with Crippen molar-refractivity contribution >= 4 is 23.7 Å². The maximum atomic E-state index is 12.1. The second kappa shape index (κ2) is 8.91. The molecule has 0 radical (unpaired) electrons. The number of ketones is 1. The molecule has 0 aliphatic carbocycles. The normalized spacial score (nSPS) is 11.0.